The van der Waals surface area contributed by atoms with Gasteiger partial charge in [0.2, 0.25) is 10.0 Å². The lowest BCUT2D eigenvalue weighted by Crippen LogP contribution is -2.32. The molecule has 0 aromatic carbocycles. The third-order valence-electron chi connectivity index (χ3n) is 2.98. The molecule has 0 radical (unpaired) electrons. The summed E-state index contributed by atoms with van der Waals surface area (Å²) in [6, 6.07) is 3.00. The van der Waals surface area contributed by atoms with Crippen LogP contribution >= 0.6 is 0 Å². The molecule has 1 saturated carbocycles. The zero-order valence-corrected chi connectivity index (χ0v) is 10.2. The van der Waals surface area contributed by atoms with Gasteiger partial charge in [-0.3, -0.25) is 0 Å². The number of nitrogens with zero attached hydrogens (tertiary/aromatic N) is 1. The lowest BCUT2D eigenvalue weighted by atomic mass is 9.86. The molecule has 0 amide bonds. The zero-order valence-electron chi connectivity index (χ0n) is 9.39. The summed E-state index contributed by atoms with van der Waals surface area (Å²) < 4.78 is 26.3. The first kappa shape index (κ1) is 12.3. The normalized spacial score (nSPS) is 16.5. The summed E-state index contributed by atoms with van der Waals surface area (Å²) in [7, 11) is -3.44. The van der Waals surface area contributed by atoms with E-state index in [0.717, 1.165) is 12.8 Å². The molecule has 17 heavy (non-hydrogen) atoms. The van der Waals surface area contributed by atoms with Gasteiger partial charge in [0.1, 0.15) is 10.7 Å². The molecule has 1 aliphatic rings. The quantitative estimate of drug-likeness (QED) is 0.525. The van der Waals surface area contributed by atoms with E-state index in [9.17, 15) is 8.42 Å². The lowest BCUT2D eigenvalue weighted by Gasteiger charge is -2.25. The number of nitrogen functional groups attached to an aromatic ring is 1. The fourth-order valence-corrected chi connectivity index (χ4v) is 2.69. The minimum atomic E-state index is -3.44. The number of nitrogens with one attached hydrogen (secondary N) is 2. The molecule has 0 unspecified atom stereocenters. The monoisotopic (exact) mass is 256 g/mol. The van der Waals surface area contributed by atoms with Crippen molar-refractivity contribution in [2.75, 3.05) is 12.0 Å². The molecule has 0 aliphatic heterocycles. The van der Waals surface area contributed by atoms with Crippen LogP contribution in [0.3, 0.4) is 0 Å². The van der Waals surface area contributed by atoms with Gasteiger partial charge in [-0.1, -0.05) is 6.42 Å². The van der Waals surface area contributed by atoms with Crippen LogP contribution in [0.2, 0.25) is 0 Å². The summed E-state index contributed by atoms with van der Waals surface area (Å²) in [5.74, 6) is 6.08. The second-order valence-corrected chi connectivity index (χ2v) is 5.94. The molecule has 2 rings (SSSR count). The van der Waals surface area contributed by atoms with Crippen molar-refractivity contribution in [2.24, 2.45) is 11.8 Å². The maximum absolute atomic E-state index is 11.9. The van der Waals surface area contributed by atoms with Crippen molar-refractivity contribution in [1.82, 2.24) is 9.71 Å². The van der Waals surface area contributed by atoms with Gasteiger partial charge in [-0.15, -0.1) is 0 Å². The highest BCUT2D eigenvalue weighted by Crippen LogP contribution is 2.25. The molecule has 6 nitrogen and oxygen atoms in total. The highest BCUT2D eigenvalue weighted by Gasteiger charge is 2.21. The van der Waals surface area contributed by atoms with E-state index >= 15 is 0 Å². The van der Waals surface area contributed by atoms with Crippen molar-refractivity contribution in [1.29, 1.82) is 0 Å². The first-order valence-electron chi connectivity index (χ1n) is 5.54. The van der Waals surface area contributed by atoms with Crippen LogP contribution < -0.4 is 16.0 Å². The van der Waals surface area contributed by atoms with E-state index in [1.807, 2.05) is 0 Å². The number of hydrogen-bond donors (Lipinski definition) is 3. The number of pyridine rings is 1. The topological polar surface area (TPSA) is 97.1 Å². The van der Waals surface area contributed by atoms with Gasteiger partial charge < -0.3 is 5.43 Å². The molecule has 1 aliphatic carbocycles. The van der Waals surface area contributed by atoms with Crippen molar-refractivity contribution >= 4 is 15.8 Å². The van der Waals surface area contributed by atoms with E-state index in [-0.39, 0.29) is 4.90 Å². The predicted octanol–water partition coefficient (Wildman–Crippen LogP) is 0.446. The number of rotatable bonds is 5. The minimum absolute atomic E-state index is 0.163. The summed E-state index contributed by atoms with van der Waals surface area (Å²) in [4.78, 5) is 4.03. The zero-order chi connectivity index (χ0) is 12.3. The van der Waals surface area contributed by atoms with Crippen molar-refractivity contribution in [3.8, 4) is 0 Å². The van der Waals surface area contributed by atoms with Gasteiger partial charge in [0.05, 0.1) is 0 Å². The van der Waals surface area contributed by atoms with E-state index < -0.39 is 10.0 Å². The largest absolute Gasteiger partial charge is 0.308 e. The molecule has 94 valence electrons. The molecule has 1 heterocycles. The summed E-state index contributed by atoms with van der Waals surface area (Å²) in [5, 5.41) is 0. The number of sulfonamides is 1. The summed E-state index contributed by atoms with van der Waals surface area (Å²) in [5.41, 5.74) is 2.35. The van der Waals surface area contributed by atoms with Gasteiger partial charge in [0.25, 0.3) is 0 Å². The number of nitrogens with two attached hydrogens (primary N) is 1. The van der Waals surface area contributed by atoms with Crippen LogP contribution in [0.4, 0.5) is 5.82 Å². The average Bonchev–Trinajstić information content (AvgIpc) is 2.27. The number of hydrazine groups is 1. The predicted molar refractivity (Wildman–Crippen MR) is 64.6 cm³/mol. The van der Waals surface area contributed by atoms with E-state index in [2.05, 4.69) is 15.1 Å². The van der Waals surface area contributed by atoms with Gasteiger partial charge in [0, 0.05) is 12.7 Å². The first-order chi connectivity index (χ1) is 8.12. The first-order valence-corrected chi connectivity index (χ1v) is 7.02. The average molecular weight is 256 g/mol. The second kappa shape index (κ2) is 4.99. The maximum atomic E-state index is 11.9. The summed E-state index contributed by atoms with van der Waals surface area (Å²) in [6.45, 7) is 0.513. The van der Waals surface area contributed by atoms with E-state index in [1.54, 1.807) is 0 Å². The molecule has 0 saturated heterocycles. The molecular formula is C10H16N4O2S. The van der Waals surface area contributed by atoms with Gasteiger partial charge in [-0.25, -0.2) is 24.0 Å². The molecule has 0 bridgehead atoms. The van der Waals surface area contributed by atoms with Crippen LogP contribution in [-0.4, -0.2) is 19.9 Å². The SMILES string of the molecule is NNc1ccc(S(=O)(=O)NCC2CCC2)cn1. The fourth-order valence-electron chi connectivity index (χ4n) is 1.63. The number of anilines is 1. The van der Waals surface area contributed by atoms with Gasteiger partial charge in [-0.05, 0) is 30.9 Å². The Morgan fingerprint density at radius 1 is 1.41 bits per heavy atom. The highest BCUT2D eigenvalue weighted by atomic mass is 32.2. The van der Waals surface area contributed by atoms with Gasteiger partial charge in [0.15, 0.2) is 0 Å². The van der Waals surface area contributed by atoms with Crippen molar-refractivity contribution in [2.45, 2.75) is 24.2 Å². The van der Waals surface area contributed by atoms with Crippen LogP contribution in [0.25, 0.3) is 0 Å². The Labute approximate surface area is 101 Å². The Kier molecular flexibility index (Phi) is 3.60. The van der Waals surface area contributed by atoms with E-state index in [4.69, 9.17) is 5.84 Å². The second-order valence-electron chi connectivity index (χ2n) is 4.17. The van der Waals surface area contributed by atoms with Crippen LogP contribution in [0, 0.1) is 5.92 Å². The maximum Gasteiger partial charge on any atom is 0.242 e. The number of aromatic nitrogens is 1. The van der Waals surface area contributed by atoms with E-state index in [0.29, 0.717) is 18.3 Å². The van der Waals surface area contributed by atoms with Gasteiger partial charge >= 0.3 is 0 Å². The van der Waals surface area contributed by atoms with E-state index in [1.165, 1.54) is 24.8 Å². The van der Waals surface area contributed by atoms with Crippen LogP contribution in [0.5, 0.6) is 0 Å². The molecule has 1 fully saturated rings. The van der Waals surface area contributed by atoms with Crippen LogP contribution in [0.1, 0.15) is 19.3 Å². The van der Waals surface area contributed by atoms with Crippen LogP contribution in [-0.2, 0) is 10.0 Å². The molecule has 1 aromatic heterocycles. The minimum Gasteiger partial charge on any atom is -0.308 e. The summed E-state index contributed by atoms with van der Waals surface area (Å²) in [6.07, 6.45) is 4.71. The molecule has 1 aromatic rings. The number of hydrogen-bond acceptors (Lipinski definition) is 5. The smallest absolute Gasteiger partial charge is 0.242 e. The standard InChI is InChI=1S/C10H16N4O2S/c11-14-10-5-4-9(7-12-10)17(15,16)13-6-8-2-1-3-8/h4-5,7-8,13H,1-3,6,11H2,(H,12,14). The Morgan fingerprint density at radius 3 is 2.65 bits per heavy atom. The van der Waals surface area contributed by atoms with Crippen molar-refractivity contribution in [3.05, 3.63) is 18.3 Å². The third-order valence-corrected chi connectivity index (χ3v) is 4.39. The fraction of sp³-hybridized carbons (Fsp3) is 0.500. The Morgan fingerprint density at radius 2 is 2.18 bits per heavy atom. The molecule has 0 spiro atoms. The Bertz CT molecular complexity index is 468. The van der Waals surface area contributed by atoms with Crippen molar-refractivity contribution < 1.29 is 8.42 Å². The molecular weight excluding hydrogens is 240 g/mol. The molecule has 0 atom stereocenters. The highest BCUT2D eigenvalue weighted by molar-refractivity contribution is 7.89. The summed E-state index contributed by atoms with van der Waals surface area (Å²) >= 11 is 0. The molecule has 4 N–H and O–H groups in total. The van der Waals surface area contributed by atoms with Gasteiger partial charge in [-0.2, -0.15) is 0 Å². The Hall–Kier alpha value is -1.18. The Balaban J connectivity index is 2.02. The van der Waals surface area contributed by atoms with Crippen LogP contribution in [0.15, 0.2) is 23.2 Å². The molecule has 7 heteroatoms. The third kappa shape index (κ3) is 2.93. The van der Waals surface area contributed by atoms with Crippen molar-refractivity contribution in [3.63, 3.8) is 0 Å². The lowest BCUT2D eigenvalue weighted by molar-refractivity contribution is 0.316.